The fourth-order valence-electron chi connectivity index (χ4n) is 2.69. The van der Waals surface area contributed by atoms with Crippen molar-refractivity contribution in [3.63, 3.8) is 0 Å². The molecule has 3 rings (SSSR count). The van der Waals surface area contributed by atoms with Crippen LogP contribution in [0, 0.1) is 0 Å². The van der Waals surface area contributed by atoms with E-state index >= 15 is 0 Å². The summed E-state index contributed by atoms with van der Waals surface area (Å²) in [5, 5.41) is 0.810. The maximum atomic E-state index is 12.2. The van der Waals surface area contributed by atoms with Crippen molar-refractivity contribution in [2.45, 2.75) is 32.2 Å². The van der Waals surface area contributed by atoms with Crippen LogP contribution in [0.25, 0.3) is 0 Å². The Labute approximate surface area is 139 Å². The van der Waals surface area contributed by atoms with E-state index in [9.17, 15) is 4.79 Å². The van der Waals surface area contributed by atoms with Gasteiger partial charge in [-0.3, -0.25) is 9.63 Å². The van der Waals surface area contributed by atoms with Crippen LogP contribution < -0.4 is 10.4 Å². The zero-order valence-electron chi connectivity index (χ0n) is 13.1. The molecule has 1 aliphatic heterocycles. The monoisotopic (exact) mass is 332 g/mol. The number of benzene rings is 1. The van der Waals surface area contributed by atoms with Crippen LogP contribution in [-0.4, -0.2) is 34.5 Å². The van der Waals surface area contributed by atoms with Gasteiger partial charge >= 0.3 is 0 Å². The van der Waals surface area contributed by atoms with Crippen LogP contribution in [0.15, 0.2) is 30.3 Å². The largest absolute Gasteiger partial charge is 0.335 e. The third-order valence-electron chi connectivity index (χ3n) is 3.78. The highest BCUT2D eigenvalue weighted by atomic mass is 32.1. The molecule has 1 saturated heterocycles. The van der Waals surface area contributed by atoms with Crippen LogP contribution in [-0.2, 0) is 16.1 Å². The van der Waals surface area contributed by atoms with Crippen LogP contribution >= 0.6 is 11.5 Å². The highest BCUT2D eigenvalue weighted by Crippen LogP contribution is 2.27. The molecule has 0 saturated carbocycles. The smallest absolute Gasteiger partial charge is 0.266 e. The fraction of sp³-hybridized carbons (Fsp3) is 0.438. The van der Waals surface area contributed by atoms with Gasteiger partial charge in [-0.15, -0.1) is 0 Å². The molecule has 2 heterocycles. The Morgan fingerprint density at radius 1 is 1.43 bits per heavy atom. The van der Waals surface area contributed by atoms with Crippen molar-refractivity contribution >= 4 is 22.6 Å². The molecule has 1 N–H and O–H groups in total. The zero-order valence-corrected chi connectivity index (χ0v) is 13.9. The lowest BCUT2D eigenvalue weighted by Crippen LogP contribution is -2.43. The Morgan fingerprint density at radius 3 is 3.04 bits per heavy atom. The number of hydrogen-bond donors (Lipinski definition) is 1. The molecule has 1 aromatic heterocycles. The first-order chi connectivity index (χ1) is 11.3. The normalized spacial score (nSPS) is 17.4. The number of hydrogen-bond acceptors (Lipinski definition) is 6. The topological polar surface area (TPSA) is 67.3 Å². The summed E-state index contributed by atoms with van der Waals surface area (Å²) in [6.45, 7) is 3.12. The molecule has 0 radical (unpaired) electrons. The molecule has 0 spiro atoms. The van der Waals surface area contributed by atoms with Crippen molar-refractivity contribution in [3.8, 4) is 0 Å². The van der Waals surface area contributed by atoms with Gasteiger partial charge in [-0.1, -0.05) is 30.3 Å². The van der Waals surface area contributed by atoms with Crippen molar-refractivity contribution in [1.29, 1.82) is 0 Å². The average molecular weight is 332 g/mol. The van der Waals surface area contributed by atoms with E-state index in [1.807, 2.05) is 30.0 Å². The fourth-order valence-corrected chi connectivity index (χ4v) is 3.45. The van der Waals surface area contributed by atoms with Gasteiger partial charge in [-0.2, -0.15) is 4.37 Å². The second kappa shape index (κ2) is 7.52. The van der Waals surface area contributed by atoms with Gasteiger partial charge in [0.1, 0.15) is 11.9 Å². The number of rotatable bonds is 6. The van der Waals surface area contributed by atoms with Gasteiger partial charge in [0.2, 0.25) is 5.13 Å². The number of aromatic nitrogens is 2. The van der Waals surface area contributed by atoms with Gasteiger partial charge in [0.15, 0.2) is 0 Å². The molecule has 7 heteroatoms. The van der Waals surface area contributed by atoms with Gasteiger partial charge in [0.25, 0.3) is 5.91 Å². The van der Waals surface area contributed by atoms with Crippen LogP contribution in [0.1, 0.15) is 31.2 Å². The summed E-state index contributed by atoms with van der Waals surface area (Å²) in [5.74, 6) is 0.691. The number of hydroxylamine groups is 1. The van der Waals surface area contributed by atoms with Gasteiger partial charge in [0, 0.05) is 24.5 Å². The van der Waals surface area contributed by atoms with E-state index < -0.39 is 0 Å². The average Bonchev–Trinajstić information content (AvgIpc) is 3.22. The molecule has 0 aliphatic carbocycles. The van der Waals surface area contributed by atoms with E-state index in [1.165, 1.54) is 17.1 Å². The number of anilines is 1. The van der Waals surface area contributed by atoms with Gasteiger partial charge < -0.3 is 4.90 Å². The quantitative estimate of drug-likeness (QED) is 0.821. The molecule has 1 fully saturated rings. The Hall–Kier alpha value is -1.99. The predicted octanol–water partition coefficient (Wildman–Crippen LogP) is 2.17. The molecule has 1 atom stereocenters. The molecular formula is C16H20N4O2S. The lowest BCUT2D eigenvalue weighted by molar-refractivity contribution is -0.134. The summed E-state index contributed by atoms with van der Waals surface area (Å²) >= 11 is 1.36. The Bertz CT molecular complexity index is 647. The Balaban J connectivity index is 1.68. The third kappa shape index (κ3) is 3.86. The van der Waals surface area contributed by atoms with E-state index in [1.54, 1.807) is 0 Å². The standard InChI is InChI=1S/C16H20N4O2S/c1-2-22-18-15(21)13-9-6-10-20(13)16-17-14(19-23-16)11-12-7-4-3-5-8-12/h3-5,7-8,13H,2,6,9-11H2,1H3,(H,18,21)/t13-/m1/s1. The van der Waals surface area contributed by atoms with Gasteiger partial charge in [-0.25, -0.2) is 10.5 Å². The number of nitrogens with one attached hydrogen (secondary N) is 1. The van der Waals surface area contributed by atoms with Crippen molar-refractivity contribution < 1.29 is 9.63 Å². The molecule has 0 bridgehead atoms. The first-order valence-corrected chi connectivity index (χ1v) is 8.60. The predicted molar refractivity (Wildman–Crippen MR) is 89.3 cm³/mol. The lowest BCUT2D eigenvalue weighted by atomic mass is 10.1. The van der Waals surface area contributed by atoms with Crippen molar-refractivity contribution in [3.05, 3.63) is 41.7 Å². The minimum Gasteiger partial charge on any atom is -0.335 e. The second-order valence-electron chi connectivity index (χ2n) is 5.41. The van der Waals surface area contributed by atoms with E-state index in [0.717, 1.165) is 30.3 Å². The third-order valence-corrected chi connectivity index (χ3v) is 4.57. The molecule has 0 unspecified atom stereocenters. The van der Waals surface area contributed by atoms with Crippen LogP contribution in [0.3, 0.4) is 0 Å². The summed E-state index contributed by atoms with van der Waals surface area (Å²) in [6, 6.07) is 9.92. The maximum absolute atomic E-state index is 12.2. The van der Waals surface area contributed by atoms with E-state index in [0.29, 0.717) is 13.0 Å². The molecule has 1 aliphatic rings. The molecule has 23 heavy (non-hydrogen) atoms. The molecule has 6 nitrogen and oxygen atoms in total. The van der Waals surface area contributed by atoms with Gasteiger partial charge in [-0.05, 0) is 25.3 Å². The Morgan fingerprint density at radius 2 is 2.26 bits per heavy atom. The summed E-state index contributed by atoms with van der Waals surface area (Å²) < 4.78 is 4.44. The number of carbonyl (C=O) groups is 1. The highest BCUT2D eigenvalue weighted by Gasteiger charge is 2.33. The molecule has 1 amide bonds. The Kier molecular flexibility index (Phi) is 5.19. The minimum absolute atomic E-state index is 0.107. The SMILES string of the molecule is CCONC(=O)[C@H]1CCCN1c1nc(Cc2ccccc2)ns1. The van der Waals surface area contributed by atoms with Gasteiger partial charge in [0.05, 0.1) is 6.61 Å². The lowest BCUT2D eigenvalue weighted by Gasteiger charge is -2.22. The molecule has 1 aromatic carbocycles. The summed E-state index contributed by atoms with van der Waals surface area (Å²) in [7, 11) is 0. The summed E-state index contributed by atoms with van der Waals surface area (Å²) in [5.41, 5.74) is 3.68. The second-order valence-corrected chi connectivity index (χ2v) is 6.14. The number of nitrogens with zero attached hydrogens (tertiary/aromatic N) is 3. The maximum Gasteiger partial charge on any atom is 0.266 e. The first kappa shape index (κ1) is 15.9. The molecule has 2 aromatic rings. The summed E-state index contributed by atoms with van der Waals surface area (Å²) in [4.78, 5) is 23.8. The minimum atomic E-state index is -0.223. The highest BCUT2D eigenvalue weighted by molar-refractivity contribution is 7.09. The van der Waals surface area contributed by atoms with Crippen molar-refractivity contribution in [1.82, 2.24) is 14.8 Å². The van der Waals surface area contributed by atoms with E-state index in [-0.39, 0.29) is 11.9 Å². The van der Waals surface area contributed by atoms with Crippen molar-refractivity contribution in [2.24, 2.45) is 0 Å². The first-order valence-electron chi connectivity index (χ1n) is 7.82. The van der Waals surface area contributed by atoms with Crippen molar-refractivity contribution in [2.75, 3.05) is 18.1 Å². The van der Waals surface area contributed by atoms with Crippen LogP contribution in [0.5, 0.6) is 0 Å². The van der Waals surface area contributed by atoms with E-state index in [2.05, 4.69) is 27.0 Å². The van der Waals surface area contributed by atoms with E-state index in [4.69, 9.17) is 4.84 Å². The van der Waals surface area contributed by atoms with Crippen LogP contribution in [0.4, 0.5) is 5.13 Å². The number of carbonyl (C=O) groups excluding carboxylic acids is 1. The van der Waals surface area contributed by atoms with Crippen LogP contribution in [0.2, 0.25) is 0 Å². The summed E-state index contributed by atoms with van der Waals surface area (Å²) in [6.07, 6.45) is 2.49. The molecular weight excluding hydrogens is 312 g/mol. The zero-order chi connectivity index (χ0) is 16.1. The molecule has 122 valence electrons. The number of amides is 1.